The van der Waals surface area contributed by atoms with Crippen LogP contribution in [-0.2, 0) is 0 Å². The quantitative estimate of drug-likeness (QED) is 0.751. The second kappa shape index (κ2) is 5.86. The first-order valence-electron chi connectivity index (χ1n) is 6.43. The first-order chi connectivity index (χ1) is 7.06. The third-order valence-corrected chi connectivity index (χ3v) is 4.33. The second-order valence-electron chi connectivity index (χ2n) is 5.49. The molecule has 15 heavy (non-hydrogen) atoms. The molecule has 1 aliphatic carbocycles. The van der Waals surface area contributed by atoms with E-state index in [9.17, 15) is 0 Å². The van der Waals surface area contributed by atoms with E-state index in [2.05, 4.69) is 33.0 Å². The van der Waals surface area contributed by atoms with Gasteiger partial charge in [-0.2, -0.15) is 0 Å². The minimum Gasteiger partial charge on any atom is -0.396 e. The van der Waals surface area contributed by atoms with E-state index < -0.39 is 0 Å². The molecular formula is C13H27NO. The summed E-state index contributed by atoms with van der Waals surface area (Å²) in [5, 5.41) is 12.8. The van der Waals surface area contributed by atoms with Crippen LogP contribution in [0.5, 0.6) is 0 Å². The van der Waals surface area contributed by atoms with E-state index in [1.165, 1.54) is 19.3 Å². The molecule has 1 rings (SSSR count). The molecule has 2 N–H and O–H groups in total. The standard InChI is InChI=1S/C13H27NO/c1-9-6-5-7-13(11(9)3)14-12(4)10(2)8-15/h9-15H,5-8H2,1-4H3. The topological polar surface area (TPSA) is 32.3 Å². The van der Waals surface area contributed by atoms with Crippen LogP contribution in [0.4, 0.5) is 0 Å². The SMILES string of the molecule is CC(CO)C(C)NC1CCCC(C)C1C. The summed E-state index contributed by atoms with van der Waals surface area (Å²) in [6.07, 6.45) is 4.03. The van der Waals surface area contributed by atoms with Crippen LogP contribution >= 0.6 is 0 Å². The first-order valence-corrected chi connectivity index (χ1v) is 6.43. The van der Waals surface area contributed by atoms with Crippen LogP contribution in [0, 0.1) is 17.8 Å². The first kappa shape index (κ1) is 13.0. The molecule has 90 valence electrons. The maximum absolute atomic E-state index is 9.11. The lowest BCUT2D eigenvalue weighted by molar-refractivity contribution is 0.157. The summed E-state index contributed by atoms with van der Waals surface area (Å²) in [5.74, 6) is 1.97. The van der Waals surface area contributed by atoms with E-state index in [-0.39, 0.29) is 6.61 Å². The Kier molecular flexibility index (Phi) is 5.07. The van der Waals surface area contributed by atoms with E-state index in [0.29, 0.717) is 18.0 Å². The average Bonchev–Trinajstić information content (AvgIpc) is 2.23. The third-order valence-electron chi connectivity index (χ3n) is 4.33. The van der Waals surface area contributed by atoms with Gasteiger partial charge in [0.1, 0.15) is 0 Å². The highest BCUT2D eigenvalue weighted by Gasteiger charge is 2.28. The summed E-state index contributed by atoms with van der Waals surface area (Å²) in [7, 11) is 0. The fraction of sp³-hybridized carbons (Fsp3) is 1.00. The molecule has 0 radical (unpaired) electrons. The molecule has 5 atom stereocenters. The number of aliphatic hydroxyl groups is 1. The van der Waals surface area contributed by atoms with Crippen LogP contribution < -0.4 is 5.32 Å². The number of rotatable bonds is 4. The van der Waals surface area contributed by atoms with E-state index in [1.54, 1.807) is 0 Å². The van der Waals surface area contributed by atoms with Crippen molar-refractivity contribution in [2.45, 2.75) is 59.0 Å². The van der Waals surface area contributed by atoms with Gasteiger partial charge in [0.05, 0.1) is 0 Å². The van der Waals surface area contributed by atoms with Gasteiger partial charge in [0.2, 0.25) is 0 Å². The Morgan fingerprint density at radius 2 is 1.93 bits per heavy atom. The zero-order valence-corrected chi connectivity index (χ0v) is 10.7. The summed E-state index contributed by atoms with van der Waals surface area (Å²) in [5.41, 5.74) is 0. The third kappa shape index (κ3) is 3.46. The maximum atomic E-state index is 9.11. The molecule has 0 aromatic carbocycles. The highest BCUT2D eigenvalue weighted by Crippen LogP contribution is 2.30. The van der Waals surface area contributed by atoms with E-state index >= 15 is 0 Å². The van der Waals surface area contributed by atoms with Crippen molar-refractivity contribution in [2.75, 3.05) is 6.61 Å². The minimum absolute atomic E-state index is 0.283. The van der Waals surface area contributed by atoms with Crippen molar-refractivity contribution in [2.24, 2.45) is 17.8 Å². The van der Waals surface area contributed by atoms with E-state index in [4.69, 9.17) is 5.11 Å². The molecule has 1 saturated carbocycles. The van der Waals surface area contributed by atoms with Gasteiger partial charge in [-0.3, -0.25) is 0 Å². The molecule has 1 fully saturated rings. The molecule has 0 aromatic rings. The van der Waals surface area contributed by atoms with Crippen molar-refractivity contribution in [3.8, 4) is 0 Å². The molecule has 2 nitrogen and oxygen atoms in total. The van der Waals surface area contributed by atoms with Gasteiger partial charge in [0.15, 0.2) is 0 Å². The predicted molar refractivity (Wildman–Crippen MR) is 64.8 cm³/mol. The smallest absolute Gasteiger partial charge is 0.0471 e. The van der Waals surface area contributed by atoms with Crippen LogP contribution in [0.25, 0.3) is 0 Å². The molecular weight excluding hydrogens is 186 g/mol. The summed E-state index contributed by atoms with van der Waals surface area (Å²) >= 11 is 0. The van der Waals surface area contributed by atoms with Gasteiger partial charge in [0.25, 0.3) is 0 Å². The fourth-order valence-electron chi connectivity index (χ4n) is 2.48. The monoisotopic (exact) mass is 213 g/mol. The normalized spacial score (nSPS) is 36.2. The van der Waals surface area contributed by atoms with Crippen LogP contribution in [0.15, 0.2) is 0 Å². The van der Waals surface area contributed by atoms with Crippen molar-refractivity contribution in [3.63, 3.8) is 0 Å². The van der Waals surface area contributed by atoms with Crippen molar-refractivity contribution >= 4 is 0 Å². The maximum Gasteiger partial charge on any atom is 0.0471 e. The molecule has 0 aliphatic heterocycles. The van der Waals surface area contributed by atoms with Gasteiger partial charge >= 0.3 is 0 Å². The lowest BCUT2D eigenvalue weighted by Crippen LogP contribution is -2.47. The van der Waals surface area contributed by atoms with Gasteiger partial charge in [-0.05, 0) is 31.1 Å². The number of hydrogen-bond acceptors (Lipinski definition) is 2. The molecule has 1 aliphatic rings. The van der Waals surface area contributed by atoms with Crippen LogP contribution in [0.2, 0.25) is 0 Å². The lowest BCUT2D eigenvalue weighted by Gasteiger charge is -2.37. The number of aliphatic hydroxyl groups excluding tert-OH is 1. The Morgan fingerprint density at radius 1 is 1.27 bits per heavy atom. The number of hydrogen-bond donors (Lipinski definition) is 2. The number of nitrogens with one attached hydrogen (secondary N) is 1. The van der Waals surface area contributed by atoms with Gasteiger partial charge in [0, 0.05) is 18.7 Å². The second-order valence-corrected chi connectivity index (χ2v) is 5.49. The highest BCUT2D eigenvalue weighted by molar-refractivity contribution is 4.84. The fourth-order valence-corrected chi connectivity index (χ4v) is 2.48. The molecule has 0 saturated heterocycles. The van der Waals surface area contributed by atoms with Crippen molar-refractivity contribution in [3.05, 3.63) is 0 Å². The van der Waals surface area contributed by atoms with E-state index in [1.807, 2.05) is 0 Å². The zero-order chi connectivity index (χ0) is 11.4. The van der Waals surface area contributed by atoms with Gasteiger partial charge in [-0.15, -0.1) is 0 Å². The van der Waals surface area contributed by atoms with Crippen molar-refractivity contribution in [1.29, 1.82) is 0 Å². The van der Waals surface area contributed by atoms with Gasteiger partial charge < -0.3 is 10.4 Å². The Balaban J connectivity index is 2.42. The van der Waals surface area contributed by atoms with Gasteiger partial charge in [-0.25, -0.2) is 0 Å². The molecule has 5 unspecified atom stereocenters. The average molecular weight is 213 g/mol. The molecule has 0 aromatic heterocycles. The minimum atomic E-state index is 0.283. The van der Waals surface area contributed by atoms with Crippen molar-refractivity contribution < 1.29 is 5.11 Å². The highest BCUT2D eigenvalue weighted by atomic mass is 16.3. The van der Waals surface area contributed by atoms with E-state index in [0.717, 1.165) is 11.8 Å². The Labute approximate surface area is 94.5 Å². The Morgan fingerprint density at radius 3 is 2.53 bits per heavy atom. The molecule has 0 heterocycles. The van der Waals surface area contributed by atoms with Crippen molar-refractivity contribution in [1.82, 2.24) is 5.32 Å². The van der Waals surface area contributed by atoms with Crippen LogP contribution in [0.1, 0.15) is 47.0 Å². The Hall–Kier alpha value is -0.0800. The predicted octanol–water partition coefficient (Wildman–Crippen LogP) is 2.42. The Bertz CT molecular complexity index is 183. The van der Waals surface area contributed by atoms with Gasteiger partial charge in [-0.1, -0.05) is 33.6 Å². The molecule has 0 bridgehead atoms. The summed E-state index contributed by atoms with van der Waals surface area (Å²) in [6.45, 7) is 9.29. The summed E-state index contributed by atoms with van der Waals surface area (Å²) in [4.78, 5) is 0. The molecule has 0 spiro atoms. The van der Waals surface area contributed by atoms with Crippen LogP contribution in [0.3, 0.4) is 0 Å². The zero-order valence-electron chi connectivity index (χ0n) is 10.7. The summed E-state index contributed by atoms with van der Waals surface area (Å²) < 4.78 is 0. The lowest BCUT2D eigenvalue weighted by atomic mass is 9.77. The molecule has 2 heteroatoms. The van der Waals surface area contributed by atoms with Crippen LogP contribution in [-0.4, -0.2) is 23.8 Å². The molecule has 0 amide bonds. The largest absolute Gasteiger partial charge is 0.396 e. The summed E-state index contributed by atoms with van der Waals surface area (Å²) in [6, 6.07) is 1.07.